The lowest BCUT2D eigenvalue weighted by Crippen LogP contribution is -2.31. The van der Waals surface area contributed by atoms with Crippen LogP contribution in [0, 0.1) is 5.82 Å². The molecule has 0 fully saturated rings. The number of halogens is 1. The van der Waals surface area contributed by atoms with E-state index in [2.05, 4.69) is 10.6 Å². The summed E-state index contributed by atoms with van der Waals surface area (Å²) in [6, 6.07) is 14.2. The molecule has 2 rings (SSSR count). The van der Waals surface area contributed by atoms with Crippen LogP contribution < -0.4 is 15.5 Å². The molecule has 1 amide bonds. The van der Waals surface area contributed by atoms with Crippen molar-refractivity contribution in [3.05, 3.63) is 59.9 Å². The zero-order chi connectivity index (χ0) is 16.7. The molecule has 0 unspecified atom stereocenters. The van der Waals surface area contributed by atoms with E-state index in [1.807, 2.05) is 43.3 Å². The van der Waals surface area contributed by atoms with E-state index < -0.39 is 0 Å². The molecule has 0 saturated carbocycles. The first-order valence-corrected chi connectivity index (χ1v) is 7.57. The first-order chi connectivity index (χ1) is 11.0. The molecule has 0 bridgehead atoms. The molecule has 4 nitrogen and oxygen atoms in total. The molecular formula is C18H22FN3O. The Hall–Kier alpha value is -2.56. The maximum atomic E-state index is 12.8. The summed E-state index contributed by atoms with van der Waals surface area (Å²) in [5.41, 5.74) is 3.02. The molecule has 0 radical (unpaired) electrons. The van der Waals surface area contributed by atoms with E-state index in [4.69, 9.17) is 0 Å². The lowest BCUT2D eigenvalue weighted by Gasteiger charge is -2.13. The third-order valence-corrected chi connectivity index (χ3v) is 3.49. The Balaban J connectivity index is 1.69. The van der Waals surface area contributed by atoms with Gasteiger partial charge >= 0.3 is 0 Å². The number of amides is 1. The fourth-order valence-electron chi connectivity index (χ4n) is 2.12. The van der Waals surface area contributed by atoms with Crippen molar-refractivity contribution in [2.75, 3.05) is 37.4 Å². The molecular weight excluding hydrogens is 293 g/mol. The minimum atomic E-state index is -0.248. The third-order valence-electron chi connectivity index (χ3n) is 3.49. The number of nitrogens with one attached hydrogen (secondary N) is 2. The fraction of sp³-hybridized carbons (Fsp3) is 0.278. The highest BCUT2D eigenvalue weighted by atomic mass is 19.1. The second kappa shape index (κ2) is 8.17. The number of carbonyl (C=O) groups is 1. The molecule has 122 valence electrons. The van der Waals surface area contributed by atoms with Crippen molar-refractivity contribution >= 4 is 17.3 Å². The number of anilines is 2. The van der Waals surface area contributed by atoms with Crippen molar-refractivity contribution in [2.45, 2.75) is 6.42 Å². The second-order valence-electron chi connectivity index (χ2n) is 5.52. The minimum Gasteiger partial charge on any atom is -0.378 e. The summed E-state index contributed by atoms with van der Waals surface area (Å²) >= 11 is 0. The van der Waals surface area contributed by atoms with Gasteiger partial charge in [0.1, 0.15) is 5.82 Å². The Bertz CT molecular complexity index is 624. The lowest BCUT2D eigenvalue weighted by atomic mass is 10.1. The van der Waals surface area contributed by atoms with Gasteiger partial charge in [-0.3, -0.25) is 4.79 Å². The van der Waals surface area contributed by atoms with Crippen LogP contribution in [-0.2, 0) is 11.2 Å². The monoisotopic (exact) mass is 315 g/mol. The maximum Gasteiger partial charge on any atom is 0.239 e. The summed E-state index contributed by atoms with van der Waals surface area (Å²) in [5, 5.41) is 5.93. The van der Waals surface area contributed by atoms with Crippen molar-refractivity contribution in [3.63, 3.8) is 0 Å². The highest BCUT2D eigenvalue weighted by Gasteiger charge is 2.02. The van der Waals surface area contributed by atoms with E-state index in [1.165, 1.54) is 12.1 Å². The van der Waals surface area contributed by atoms with Gasteiger partial charge in [0.25, 0.3) is 0 Å². The molecule has 5 heteroatoms. The zero-order valence-electron chi connectivity index (χ0n) is 13.5. The van der Waals surface area contributed by atoms with Crippen LogP contribution in [0.5, 0.6) is 0 Å². The first-order valence-electron chi connectivity index (χ1n) is 7.57. The first kappa shape index (κ1) is 16.8. The van der Waals surface area contributed by atoms with Gasteiger partial charge in [0, 0.05) is 32.0 Å². The summed E-state index contributed by atoms with van der Waals surface area (Å²) in [5.74, 6) is -0.314. The van der Waals surface area contributed by atoms with Crippen LogP contribution >= 0.6 is 0 Å². The van der Waals surface area contributed by atoms with Gasteiger partial charge in [-0.2, -0.15) is 0 Å². The van der Waals surface area contributed by atoms with E-state index >= 15 is 0 Å². The van der Waals surface area contributed by atoms with E-state index in [1.54, 1.807) is 12.1 Å². The van der Waals surface area contributed by atoms with E-state index in [0.29, 0.717) is 13.0 Å². The molecule has 0 aliphatic heterocycles. The van der Waals surface area contributed by atoms with Gasteiger partial charge in [-0.1, -0.05) is 12.1 Å². The van der Waals surface area contributed by atoms with Crippen LogP contribution in [0.2, 0.25) is 0 Å². The van der Waals surface area contributed by atoms with Gasteiger partial charge in [-0.15, -0.1) is 0 Å². The van der Waals surface area contributed by atoms with Crippen LogP contribution in [0.3, 0.4) is 0 Å². The van der Waals surface area contributed by atoms with Crippen molar-refractivity contribution in [1.29, 1.82) is 0 Å². The summed E-state index contributed by atoms with van der Waals surface area (Å²) in [6.45, 7) is 0.760. The predicted molar refractivity (Wildman–Crippen MR) is 92.4 cm³/mol. The minimum absolute atomic E-state index is 0.0659. The summed E-state index contributed by atoms with van der Waals surface area (Å²) in [6.07, 6.45) is 0.684. The zero-order valence-corrected chi connectivity index (χ0v) is 13.5. The van der Waals surface area contributed by atoms with Crippen molar-refractivity contribution in [1.82, 2.24) is 5.32 Å². The van der Waals surface area contributed by atoms with Crippen LogP contribution in [0.15, 0.2) is 48.5 Å². The Morgan fingerprint density at radius 3 is 2.30 bits per heavy atom. The van der Waals surface area contributed by atoms with E-state index in [0.717, 1.165) is 16.9 Å². The lowest BCUT2D eigenvalue weighted by molar-refractivity contribution is -0.119. The third kappa shape index (κ3) is 5.62. The maximum absolute atomic E-state index is 12.8. The standard InChI is InChI=1S/C18H22FN3O/c1-22(2)17-9-7-16(8-10-17)21-13-18(23)20-12-11-14-3-5-15(19)6-4-14/h3-10,21H,11-13H2,1-2H3,(H,20,23). The molecule has 0 aliphatic carbocycles. The molecule has 2 aromatic rings. The summed E-state index contributed by atoms with van der Waals surface area (Å²) < 4.78 is 12.8. The van der Waals surface area contributed by atoms with E-state index in [-0.39, 0.29) is 18.3 Å². The number of rotatable bonds is 7. The topological polar surface area (TPSA) is 44.4 Å². The predicted octanol–water partition coefficient (Wildman–Crippen LogP) is 2.66. The Morgan fingerprint density at radius 1 is 1.04 bits per heavy atom. The summed E-state index contributed by atoms with van der Waals surface area (Å²) in [7, 11) is 3.97. The molecule has 0 aromatic heterocycles. The molecule has 2 aromatic carbocycles. The van der Waals surface area contributed by atoms with Gasteiger partial charge in [-0.25, -0.2) is 4.39 Å². The smallest absolute Gasteiger partial charge is 0.239 e. The molecule has 23 heavy (non-hydrogen) atoms. The SMILES string of the molecule is CN(C)c1ccc(NCC(=O)NCCc2ccc(F)cc2)cc1. The molecule has 0 atom stereocenters. The molecule has 0 spiro atoms. The van der Waals surface area contributed by atoms with Crippen LogP contribution in [0.1, 0.15) is 5.56 Å². The molecule has 0 heterocycles. The Kier molecular flexibility index (Phi) is 5.97. The van der Waals surface area contributed by atoms with Gasteiger partial charge < -0.3 is 15.5 Å². The number of hydrogen-bond donors (Lipinski definition) is 2. The van der Waals surface area contributed by atoms with Crippen LogP contribution in [-0.4, -0.2) is 33.1 Å². The largest absolute Gasteiger partial charge is 0.378 e. The van der Waals surface area contributed by atoms with Crippen molar-refractivity contribution in [2.24, 2.45) is 0 Å². The molecule has 0 aliphatic rings. The number of carbonyl (C=O) groups excluding carboxylic acids is 1. The summed E-state index contributed by atoms with van der Waals surface area (Å²) in [4.78, 5) is 13.8. The van der Waals surface area contributed by atoms with Gasteiger partial charge in [0.15, 0.2) is 0 Å². The van der Waals surface area contributed by atoms with Crippen molar-refractivity contribution < 1.29 is 9.18 Å². The Labute approximate surface area is 136 Å². The molecule has 2 N–H and O–H groups in total. The average molecular weight is 315 g/mol. The van der Waals surface area contributed by atoms with Crippen LogP contribution in [0.25, 0.3) is 0 Å². The average Bonchev–Trinajstić information content (AvgIpc) is 2.55. The van der Waals surface area contributed by atoms with E-state index in [9.17, 15) is 9.18 Å². The highest BCUT2D eigenvalue weighted by molar-refractivity contribution is 5.80. The second-order valence-corrected chi connectivity index (χ2v) is 5.52. The van der Waals surface area contributed by atoms with Crippen LogP contribution in [0.4, 0.5) is 15.8 Å². The normalized spacial score (nSPS) is 10.2. The van der Waals surface area contributed by atoms with Crippen molar-refractivity contribution in [3.8, 4) is 0 Å². The quantitative estimate of drug-likeness (QED) is 0.825. The Morgan fingerprint density at radius 2 is 1.70 bits per heavy atom. The van der Waals surface area contributed by atoms with Gasteiger partial charge in [-0.05, 0) is 48.4 Å². The highest BCUT2D eigenvalue weighted by Crippen LogP contribution is 2.15. The number of benzene rings is 2. The van der Waals surface area contributed by atoms with Gasteiger partial charge in [0.05, 0.1) is 6.54 Å². The number of hydrogen-bond acceptors (Lipinski definition) is 3. The number of nitrogens with zero attached hydrogens (tertiary/aromatic N) is 1. The molecule has 0 saturated heterocycles. The fourth-order valence-corrected chi connectivity index (χ4v) is 2.12. The van der Waals surface area contributed by atoms with Gasteiger partial charge in [0.2, 0.25) is 5.91 Å².